The Balaban J connectivity index is 1.87. The minimum atomic E-state index is -0.204. The van der Waals surface area contributed by atoms with Crippen LogP contribution < -0.4 is 4.90 Å². The maximum atomic E-state index is 10.3. The number of nitriles is 1. The van der Waals surface area contributed by atoms with Gasteiger partial charge in [0, 0.05) is 24.2 Å². The fourth-order valence-corrected chi connectivity index (χ4v) is 3.81. The fourth-order valence-electron chi connectivity index (χ4n) is 3.81. The molecule has 3 rings (SSSR count). The molecule has 1 saturated heterocycles. The van der Waals surface area contributed by atoms with E-state index in [1.54, 1.807) is 6.07 Å². The molecule has 5 heteroatoms. The van der Waals surface area contributed by atoms with Crippen molar-refractivity contribution >= 4 is 5.95 Å². The number of anilines is 1. The first-order chi connectivity index (χ1) is 10.2. The first kappa shape index (κ1) is 14.3. The lowest BCUT2D eigenvalue weighted by molar-refractivity contribution is 0.0564. The second-order valence-corrected chi connectivity index (χ2v) is 6.22. The molecule has 2 aliphatic rings. The lowest BCUT2D eigenvalue weighted by atomic mass is 9.80. The zero-order chi connectivity index (χ0) is 14.8. The lowest BCUT2D eigenvalue weighted by Gasteiger charge is -2.37. The van der Waals surface area contributed by atoms with Crippen molar-refractivity contribution in [3.8, 4) is 6.07 Å². The summed E-state index contributed by atoms with van der Waals surface area (Å²) >= 11 is 0. The summed E-state index contributed by atoms with van der Waals surface area (Å²) in [6.07, 6.45) is 6.30. The van der Waals surface area contributed by atoms with Crippen molar-refractivity contribution < 1.29 is 5.11 Å². The highest BCUT2D eigenvalue weighted by atomic mass is 16.3. The Morgan fingerprint density at radius 1 is 1.24 bits per heavy atom. The molecule has 1 aromatic rings. The van der Waals surface area contributed by atoms with Gasteiger partial charge in [-0.25, -0.2) is 9.97 Å². The summed E-state index contributed by atoms with van der Waals surface area (Å²) < 4.78 is 0. The number of hydrogen-bond donors (Lipinski definition) is 1. The van der Waals surface area contributed by atoms with Crippen LogP contribution in [0.4, 0.5) is 5.95 Å². The van der Waals surface area contributed by atoms with Crippen molar-refractivity contribution in [3.05, 3.63) is 17.5 Å². The Morgan fingerprint density at radius 2 is 2.05 bits per heavy atom. The van der Waals surface area contributed by atoms with E-state index in [0.29, 0.717) is 23.6 Å². The van der Waals surface area contributed by atoms with E-state index in [0.717, 1.165) is 44.3 Å². The summed E-state index contributed by atoms with van der Waals surface area (Å²) in [4.78, 5) is 11.1. The third-order valence-electron chi connectivity index (χ3n) is 4.79. The topological polar surface area (TPSA) is 73.0 Å². The smallest absolute Gasteiger partial charge is 0.227 e. The van der Waals surface area contributed by atoms with Gasteiger partial charge in [-0.15, -0.1) is 0 Å². The van der Waals surface area contributed by atoms with Crippen LogP contribution in [-0.4, -0.2) is 33.8 Å². The molecule has 1 saturated carbocycles. The average Bonchev–Trinajstić information content (AvgIpc) is 2.96. The highest BCUT2D eigenvalue weighted by Gasteiger charge is 2.38. The monoisotopic (exact) mass is 286 g/mol. The van der Waals surface area contributed by atoms with Crippen LogP contribution in [0.2, 0.25) is 0 Å². The van der Waals surface area contributed by atoms with Gasteiger partial charge in [0.25, 0.3) is 0 Å². The molecule has 0 aromatic carbocycles. The maximum Gasteiger partial charge on any atom is 0.227 e. The highest BCUT2D eigenvalue weighted by molar-refractivity contribution is 5.38. The van der Waals surface area contributed by atoms with Crippen molar-refractivity contribution in [2.45, 2.75) is 57.6 Å². The van der Waals surface area contributed by atoms with E-state index >= 15 is 0 Å². The summed E-state index contributed by atoms with van der Waals surface area (Å²) in [7, 11) is 0. The van der Waals surface area contributed by atoms with Crippen LogP contribution in [0.3, 0.4) is 0 Å². The van der Waals surface area contributed by atoms with E-state index < -0.39 is 0 Å². The van der Waals surface area contributed by atoms with Crippen molar-refractivity contribution in [2.24, 2.45) is 5.92 Å². The van der Waals surface area contributed by atoms with Crippen LogP contribution in [0, 0.1) is 24.2 Å². The van der Waals surface area contributed by atoms with E-state index in [4.69, 9.17) is 5.26 Å². The van der Waals surface area contributed by atoms with Gasteiger partial charge in [0.1, 0.15) is 11.8 Å². The van der Waals surface area contributed by atoms with Crippen molar-refractivity contribution in [2.75, 3.05) is 11.4 Å². The van der Waals surface area contributed by atoms with Crippen LogP contribution in [0.25, 0.3) is 0 Å². The van der Waals surface area contributed by atoms with Crippen LogP contribution in [0.1, 0.15) is 49.9 Å². The van der Waals surface area contributed by atoms with Gasteiger partial charge in [0.05, 0.1) is 6.10 Å². The molecule has 0 spiro atoms. The molecule has 0 bridgehead atoms. The molecular weight excluding hydrogens is 264 g/mol. The quantitative estimate of drug-likeness (QED) is 0.902. The first-order valence-corrected chi connectivity index (χ1v) is 7.89. The molecular formula is C16H22N4O. The van der Waals surface area contributed by atoms with Gasteiger partial charge in [0.2, 0.25) is 5.95 Å². The molecule has 3 atom stereocenters. The van der Waals surface area contributed by atoms with Crippen LogP contribution in [0.5, 0.6) is 0 Å². The van der Waals surface area contributed by atoms with Crippen molar-refractivity contribution in [3.63, 3.8) is 0 Å². The maximum absolute atomic E-state index is 10.3. The zero-order valence-electron chi connectivity index (χ0n) is 12.5. The van der Waals surface area contributed by atoms with Crippen LogP contribution in [0.15, 0.2) is 6.07 Å². The Bertz CT molecular complexity index is 554. The number of rotatable bonds is 2. The standard InChI is InChI=1S/C16H22N4O/c1-11-9-12(10-17)19-16(18-11)20-8-4-6-14(20)13-5-2-3-7-15(13)21/h9,13-15,21H,2-8H2,1H3/t13-,14-,15-/m1/s1. The van der Waals surface area contributed by atoms with Crippen LogP contribution in [-0.2, 0) is 0 Å². The molecule has 0 amide bonds. The molecule has 2 fully saturated rings. The fraction of sp³-hybridized carbons (Fsp3) is 0.688. The average molecular weight is 286 g/mol. The minimum Gasteiger partial charge on any atom is -0.393 e. The van der Waals surface area contributed by atoms with E-state index in [9.17, 15) is 5.11 Å². The molecule has 1 aliphatic carbocycles. The van der Waals surface area contributed by atoms with E-state index in [1.165, 1.54) is 6.42 Å². The Kier molecular flexibility index (Phi) is 4.07. The predicted molar refractivity (Wildman–Crippen MR) is 79.8 cm³/mol. The third kappa shape index (κ3) is 2.86. The Hall–Kier alpha value is -1.67. The normalized spacial score (nSPS) is 29.4. The number of aliphatic hydroxyl groups is 1. The van der Waals surface area contributed by atoms with E-state index in [2.05, 4.69) is 20.9 Å². The summed E-state index contributed by atoms with van der Waals surface area (Å²) in [5, 5.41) is 19.4. The van der Waals surface area contributed by atoms with Gasteiger partial charge >= 0.3 is 0 Å². The number of aliphatic hydroxyl groups excluding tert-OH is 1. The number of nitrogens with zero attached hydrogens (tertiary/aromatic N) is 4. The van der Waals surface area contributed by atoms with Gasteiger partial charge in [-0.1, -0.05) is 12.8 Å². The van der Waals surface area contributed by atoms with Crippen molar-refractivity contribution in [1.29, 1.82) is 5.26 Å². The molecule has 0 radical (unpaired) electrons. The number of hydrogen-bond acceptors (Lipinski definition) is 5. The molecule has 1 aliphatic heterocycles. The summed E-state index contributed by atoms with van der Waals surface area (Å²) in [5.74, 6) is 0.975. The van der Waals surface area contributed by atoms with Gasteiger partial charge < -0.3 is 10.0 Å². The van der Waals surface area contributed by atoms with Crippen LogP contribution >= 0.6 is 0 Å². The van der Waals surface area contributed by atoms with Gasteiger partial charge in [0.15, 0.2) is 0 Å². The Labute approximate surface area is 125 Å². The lowest BCUT2D eigenvalue weighted by Crippen LogP contribution is -2.43. The second-order valence-electron chi connectivity index (χ2n) is 6.22. The van der Waals surface area contributed by atoms with Gasteiger partial charge in [-0.2, -0.15) is 5.26 Å². The summed E-state index contributed by atoms with van der Waals surface area (Å²) in [5.41, 5.74) is 1.25. The van der Waals surface area contributed by atoms with Gasteiger partial charge in [-0.05, 0) is 38.7 Å². The second kappa shape index (κ2) is 5.98. The van der Waals surface area contributed by atoms with E-state index in [-0.39, 0.29) is 6.10 Å². The largest absolute Gasteiger partial charge is 0.393 e. The molecule has 1 N–H and O–H groups in total. The minimum absolute atomic E-state index is 0.204. The highest BCUT2D eigenvalue weighted by Crippen LogP contribution is 2.36. The third-order valence-corrected chi connectivity index (χ3v) is 4.79. The molecule has 5 nitrogen and oxygen atoms in total. The molecule has 1 aromatic heterocycles. The molecule has 2 heterocycles. The zero-order valence-corrected chi connectivity index (χ0v) is 12.5. The summed E-state index contributed by atoms with van der Waals surface area (Å²) in [6.45, 7) is 2.81. The molecule has 0 unspecified atom stereocenters. The van der Waals surface area contributed by atoms with E-state index in [1.807, 2.05) is 6.92 Å². The number of aryl methyl sites for hydroxylation is 1. The Morgan fingerprint density at radius 3 is 2.81 bits per heavy atom. The predicted octanol–water partition coefficient (Wildman–Crippen LogP) is 2.18. The summed E-state index contributed by atoms with van der Waals surface area (Å²) in [6, 6.07) is 4.13. The number of aromatic nitrogens is 2. The SMILES string of the molecule is Cc1cc(C#N)nc(N2CCC[C@@H]2[C@H]2CCCC[C@H]2O)n1. The molecule has 112 valence electrons. The van der Waals surface area contributed by atoms with Gasteiger partial charge in [-0.3, -0.25) is 0 Å². The molecule has 21 heavy (non-hydrogen) atoms. The van der Waals surface area contributed by atoms with Crippen molar-refractivity contribution in [1.82, 2.24) is 9.97 Å². The first-order valence-electron chi connectivity index (χ1n) is 7.89.